The Morgan fingerprint density at radius 1 is 1.16 bits per heavy atom. The molecule has 0 aromatic heterocycles. The molecule has 2 heteroatoms. The Hall–Kier alpha value is -0.860. The van der Waals surface area contributed by atoms with Crippen molar-refractivity contribution >= 4 is 0 Å². The molecule has 1 heterocycles. The normalized spacial score (nSPS) is 31.9. The van der Waals surface area contributed by atoms with Crippen LogP contribution in [0.4, 0.5) is 0 Å². The molecule has 0 amide bonds. The summed E-state index contributed by atoms with van der Waals surface area (Å²) >= 11 is 0. The highest BCUT2D eigenvalue weighted by Crippen LogP contribution is 2.43. The molecule has 1 aromatic rings. The fourth-order valence-electron chi connectivity index (χ4n) is 3.93. The van der Waals surface area contributed by atoms with Crippen LogP contribution in [0.25, 0.3) is 0 Å². The quantitative estimate of drug-likeness (QED) is 0.896. The molecular weight excluding hydrogens is 232 g/mol. The third kappa shape index (κ3) is 3.01. The molecule has 1 saturated carbocycles. The van der Waals surface area contributed by atoms with Gasteiger partial charge in [-0.1, -0.05) is 30.3 Å². The smallest absolute Gasteiger partial charge is 0.0233 e. The van der Waals surface area contributed by atoms with Crippen LogP contribution < -0.4 is 5.32 Å². The first-order valence-electron chi connectivity index (χ1n) is 7.73. The molecule has 2 aliphatic rings. The minimum Gasteiger partial charge on any atom is -0.317 e. The Morgan fingerprint density at radius 2 is 1.89 bits per heavy atom. The van der Waals surface area contributed by atoms with Crippen molar-refractivity contribution in [3.05, 3.63) is 35.9 Å². The standard InChI is InChI=1S/C17H26N2/c1-18-16-7-9-17(10-8-16)11-12-19(14-17)13-15-5-3-2-4-6-15/h2-6,16,18H,7-14H2,1H3. The molecule has 0 radical (unpaired) electrons. The highest BCUT2D eigenvalue weighted by Gasteiger charge is 2.40. The van der Waals surface area contributed by atoms with Crippen molar-refractivity contribution in [1.82, 2.24) is 10.2 Å². The zero-order valence-electron chi connectivity index (χ0n) is 12.1. The van der Waals surface area contributed by atoms with Crippen LogP contribution in [-0.2, 0) is 6.54 Å². The highest BCUT2D eigenvalue weighted by molar-refractivity contribution is 5.15. The number of hydrogen-bond acceptors (Lipinski definition) is 2. The fraction of sp³-hybridized carbons (Fsp3) is 0.647. The first-order valence-corrected chi connectivity index (χ1v) is 7.73. The Morgan fingerprint density at radius 3 is 2.58 bits per heavy atom. The van der Waals surface area contributed by atoms with Crippen molar-refractivity contribution in [3.8, 4) is 0 Å². The molecule has 2 fully saturated rings. The lowest BCUT2D eigenvalue weighted by Gasteiger charge is -2.37. The van der Waals surface area contributed by atoms with Crippen molar-refractivity contribution in [2.75, 3.05) is 20.1 Å². The second-order valence-corrected chi connectivity index (χ2v) is 6.51. The molecule has 1 aromatic carbocycles. The third-order valence-corrected chi connectivity index (χ3v) is 5.22. The minimum absolute atomic E-state index is 0.641. The summed E-state index contributed by atoms with van der Waals surface area (Å²) < 4.78 is 0. The number of hydrogen-bond donors (Lipinski definition) is 1. The Bertz CT molecular complexity index is 393. The van der Waals surface area contributed by atoms with E-state index in [9.17, 15) is 0 Å². The van der Waals surface area contributed by atoms with Crippen LogP contribution in [0.3, 0.4) is 0 Å². The van der Waals surface area contributed by atoms with Gasteiger partial charge in [0.25, 0.3) is 0 Å². The molecule has 104 valence electrons. The van der Waals surface area contributed by atoms with E-state index in [0.717, 1.165) is 12.6 Å². The number of nitrogens with zero attached hydrogens (tertiary/aromatic N) is 1. The fourth-order valence-corrected chi connectivity index (χ4v) is 3.93. The number of likely N-dealkylation sites (tertiary alicyclic amines) is 1. The maximum absolute atomic E-state index is 3.45. The van der Waals surface area contributed by atoms with Crippen LogP contribution in [0.2, 0.25) is 0 Å². The SMILES string of the molecule is CNC1CCC2(CC1)CCN(Cc1ccccc1)C2. The summed E-state index contributed by atoms with van der Waals surface area (Å²) in [6, 6.07) is 11.7. The predicted molar refractivity (Wildman–Crippen MR) is 80.1 cm³/mol. The van der Waals surface area contributed by atoms with Crippen molar-refractivity contribution in [2.24, 2.45) is 5.41 Å². The number of rotatable bonds is 3. The first kappa shape index (κ1) is 13.1. The molecule has 1 aliphatic heterocycles. The Balaban J connectivity index is 1.56. The van der Waals surface area contributed by atoms with E-state index in [4.69, 9.17) is 0 Å². The van der Waals surface area contributed by atoms with Gasteiger partial charge in [-0.25, -0.2) is 0 Å². The van der Waals surface area contributed by atoms with Crippen molar-refractivity contribution in [3.63, 3.8) is 0 Å². The summed E-state index contributed by atoms with van der Waals surface area (Å²) in [7, 11) is 2.11. The van der Waals surface area contributed by atoms with Gasteiger partial charge in [0, 0.05) is 19.1 Å². The monoisotopic (exact) mass is 258 g/mol. The van der Waals surface area contributed by atoms with Crippen molar-refractivity contribution in [1.29, 1.82) is 0 Å². The van der Waals surface area contributed by atoms with Crippen LogP contribution in [0.15, 0.2) is 30.3 Å². The molecule has 0 unspecified atom stereocenters. The molecule has 3 rings (SSSR count). The summed E-state index contributed by atoms with van der Waals surface area (Å²) in [5.74, 6) is 0. The summed E-state index contributed by atoms with van der Waals surface area (Å²) in [4.78, 5) is 2.66. The van der Waals surface area contributed by atoms with Crippen LogP contribution in [0, 0.1) is 5.41 Å². The predicted octanol–water partition coefficient (Wildman–Crippen LogP) is 3.04. The molecule has 1 saturated heterocycles. The Labute approximate surface area is 117 Å². The van der Waals surface area contributed by atoms with Crippen LogP contribution >= 0.6 is 0 Å². The molecule has 0 bridgehead atoms. The summed E-state index contributed by atoms with van der Waals surface area (Å²) in [6.45, 7) is 3.75. The van der Waals surface area contributed by atoms with Gasteiger partial charge >= 0.3 is 0 Å². The van der Waals surface area contributed by atoms with Gasteiger partial charge in [-0.15, -0.1) is 0 Å². The zero-order chi connectivity index (χ0) is 13.1. The van der Waals surface area contributed by atoms with E-state index >= 15 is 0 Å². The summed E-state index contributed by atoms with van der Waals surface area (Å²) in [6.07, 6.45) is 7.00. The van der Waals surface area contributed by atoms with E-state index in [-0.39, 0.29) is 0 Å². The van der Waals surface area contributed by atoms with Gasteiger partial charge < -0.3 is 5.32 Å². The van der Waals surface area contributed by atoms with E-state index in [2.05, 4.69) is 47.6 Å². The average molecular weight is 258 g/mol. The first-order chi connectivity index (χ1) is 9.30. The Kier molecular flexibility index (Phi) is 3.90. The van der Waals surface area contributed by atoms with Gasteiger partial charge in [-0.3, -0.25) is 4.90 Å². The molecular formula is C17H26N2. The van der Waals surface area contributed by atoms with Crippen molar-refractivity contribution < 1.29 is 0 Å². The minimum atomic E-state index is 0.641. The van der Waals surface area contributed by atoms with Gasteiger partial charge in [0.2, 0.25) is 0 Å². The lowest BCUT2D eigenvalue weighted by Crippen LogP contribution is -2.37. The molecule has 0 atom stereocenters. The maximum atomic E-state index is 3.45. The molecule has 1 spiro atoms. The van der Waals surface area contributed by atoms with E-state index in [1.807, 2.05) is 0 Å². The number of benzene rings is 1. The van der Waals surface area contributed by atoms with E-state index in [1.165, 1.54) is 50.8 Å². The topological polar surface area (TPSA) is 15.3 Å². The van der Waals surface area contributed by atoms with Gasteiger partial charge in [0.15, 0.2) is 0 Å². The molecule has 2 nitrogen and oxygen atoms in total. The van der Waals surface area contributed by atoms with Crippen LogP contribution in [0.1, 0.15) is 37.7 Å². The van der Waals surface area contributed by atoms with Gasteiger partial charge in [0.1, 0.15) is 0 Å². The van der Waals surface area contributed by atoms with Gasteiger partial charge in [0.05, 0.1) is 0 Å². The van der Waals surface area contributed by atoms with E-state index in [1.54, 1.807) is 0 Å². The van der Waals surface area contributed by atoms with Crippen LogP contribution in [-0.4, -0.2) is 31.1 Å². The van der Waals surface area contributed by atoms with Gasteiger partial charge in [-0.05, 0) is 56.7 Å². The second kappa shape index (κ2) is 5.64. The summed E-state index contributed by atoms with van der Waals surface area (Å²) in [5, 5.41) is 3.45. The molecule has 19 heavy (non-hydrogen) atoms. The van der Waals surface area contributed by atoms with Crippen molar-refractivity contribution in [2.45, 2.75) is 44.7 Å². The lowest BCUT2D eigenvalue weighted by atomic mass is 9.72. The molecule has 1 N–H and O–H groups in total. The maximum Gasteiger partial charge on any atom is 0.0233 e. The van der Waals surface area contributed by atoms with Crippen LogP contribution in [0.5, 0.6) is 0 Å². The van der Waals surface area contributed by atoms with E-state index in [0.29, 0.717) is 5.41 Å². The second-order valence-electron chi connectivity index (χ2n) is 6.51. The molecule has 1 aliphatic carbocycles. The third-order valence-electron chi connectivity index (χ3n) is 5.22. The summed E-state index contributed by atoms with van der Waals surface area (Å²) in [5.41, 5.74) is 2.10. The van der Waals surface area contributed by atoms with Gasteiger partial charge in [-0.2, -0.15) is 0 Å². The largest absolute Gasteiger partial charge is 0.317 e. The number of nitrogens with one attached hydrogen (secondary N) is 1. The lowest BCUT2D eigenvalue weighted by molar-refractivity contribution is 0.163. The zero-order valence-corrected chi connectivity index (χ0v) is 12.1. The average Bonchev–Trinajstić information content (AvgIpc) is 2.84. The highest BCUT2D eigenvalue weighted by atomic mass is 15.2. The van der Waals surface area contributed by atoms with E-state index < -0.39 is 0 Å².